The van der Waals surface area contributed by atoms with Crippen LogP contribution in [0.1, 0.15) is 39.2 Å². The van der Waals surface area contributed by atoms with Crippen molar-refractivity contribution in [3.63, 3.8) is 0 Å². The lowest BCUT2D eigenvalue weighted by Crippen LogP contribution is -2.17. The topological polar surface area (TPSA) is 43.1 Å². The van der Waals surface area contributed by atoms with Gasteiger partial charge in [-0.25, -0.2) is 0 Å². The lowest BCUT2D eigenvalue weighted by atomic mass is 9.80. The van der Waals surface area contributed by atoms with Crippen molar-refractivity contribution < 1.29 is 4.92 Å². The molecule has 4 heteroatoms. The van der Waals surface area contributed by atoms with Crippen LogP contribution in [0.25, 0.3) is 0 Å². The Labute approximate surface area is 101 Å². The highest BCUT2D eigenvalue weighted by Gasteiger charge is 2.23. The molecule has 0 aliphatic heterocycles. The van der Waals surface area contributed by atoms with Crippen molar-refractivity contribution in [3.05, 3.63) is 38.9 Å². The van der Waals surface area contributed by atoms with Gasteiger partial charge in [0.25, 0.3) is 5.69 Å². The first-order chi connectivity index (χ1) is 7.38. The molecule has 0 heterocycles. The van der Waals surface area contributed by atoms with E-state index in [4.69, 9.17) is 11.6 Å². The molecule has 1 aromatic rings. The molecule has 0 saturated carbocycles. The van der Waals surface area contributed by atoms with Gasteiger partial charge in [-0.3, -0.25) is 10.1 Å². The van der Waals surface area contributed by atoms with Gasteiger partial charge >= 0.3 is 0 Å². The second-order valence-electron chi connectivity index (χ2n) is 4.56. The Kier molecular flexibility index (Phi) is 3.92. The molecule has 3 nitrogen and oxygen atoms in total. The van der Waals surface area contributed by atoms with Gasteiger partial charge in [-0.1, -0.05) is 44.9 Å². The molecule has 0 aliphatic rings. The third kappa shape index (κ3) is 2.73. The van der Waals surface area contributed by atoms with E-state index in [9.17, 15) is 10.1 Å². The van der Waals surface area contributed by atoms with E-state index >= 15 is 0 Å². The van der Waals surface area contributed by atoms with Gasteiger partial charge < -0.3 is 0 Å². The summed E-state index contributed by atoms with van der Waals surface area (Å²) in [5.74, 6) is 0. The Morgan fingerprint density at radius 3 is 2.50 bits per heavy atom. The van der Waals surface area contributed by atoms with Crippen LogP contribution in [-0.4, -0.2) is 4.92 Å². The Bertz CT molecular complexity index is 402. The van der Waals surface area contributed by atoms with Gasteiger partial charge in [0.15, 0.2) is 0 Å². The number of benzene rings is 1. The third-order valence-electron chi connectivity index (χ3n) is 2.77. The minimum atomic E-state index is -0.428. The Morgan fingerprint density at radius 2 is 2.06 bits per heavy atom. The largest absolute Gasteiger partial charge is 0.270 e. The van der Waals surface area contributed by atoms with Crippen molar-refractivity contribution >= 4 is 17.3 Å². The van der Waals surface area contributed by atoms with E-state index in [1.807, 2.05) is 0 Å². The number of non-ortho nitro benzene ring substituents is 1. The Morgan fingerprint density at radius 1 is 1.44 bits per heavy atom. The van der Waals surface area contributed by atoms with Crippen LogP contribution >= 0.6 is 11.6 Å². The van der Waals surface area contributed by atoms with Gasteiger partial charge in [0.2, 0.25) is 0 Å². The average molecular weight is 242 g/mol. The van der Waals surface area contributed by atoms with Gasteiger partial charge in [-0.2, -0.15) is 0 Å². The molecule has 0 atom stereocenters. The fraction of sp³-hybridized carbons (Fsp3) is 0.500. The van der Waals surface area contributed by atoms with Crippen molar-refractivity contribution in [2.24, 2.45) is 0 Å². The molecule has 0 aliphatic carbocycles. The maximum Gasteiger partial charge on any atom is 0.270 e. The quantitative estimate of drug-likeness (QED) is 0.582. The highest BCUT2D eigenvalue weighted by molar-refractivity contribution is 6.31. The van der Waals surface area contributed by atoms with Gasteiger partial charge in [0.05, 0.1) is 9.95 Å². The van der Waals surface area contributed by atoms with E-state index < -0.39 is 4.92 Å². The number of halogens is 1. The van der Waals surface area contributed by atoms with E-state index in [1.54, 1.807) is 6.07 Å². The van der Waals surface area contributed by atoms with E-state index in [0.717, 1.165) is 18.4 Å². The van der Waals surface area contributed by atoms with Crippen LogP contribution in [0.4, 0.5) is 5.69 Å². The van der Waals surface area contributed by atoms with Crippen LogP contribution in [0.3, 0.4) is 0 Å². The molecule has 88 valence electrons. The van der Waals surface area contributed by atoms with Crippen LogP contribution in [0.5, 0.6) is 0 Å². The van der Waals surface area contributed by atoms with Crippen LogP contribution in [0, 0.1) is 10.1 Å². The lowest BCUT2D eigenvalue weighted by molar-refractivity contribution is -0.384. The zero-order valence-corrected chi connectivity index (χ0v) is 10.5. The van der Waals surface area contributed by atoms with Gasteiger partial charge in [-0.05, 0) is 17.4 Å². The number of nitro benzene ring substituents is 1. The molecule has 0 saturated heterocycles. The predicted octanol–water partition coefficient (Wildman–Crippen LogP) is 4.33. The van der Waals surface area contributed by atoms with E-state index in [-0.39, 0.29) is 11.1 Å². The first-order valence-corrected chi connectivity index (χ1v) is 5.70. The molecule has 0 fully saturated rings. The number of nitro groups is 1. The van der Waals surface area contributed by atoms with Gasteiger partial charge in [-0.15, -0.1) is 0 Å². The molecule has 0 spiro atoms. The third-order valence-corrected chi connectivity index (χ3v) is 3.08. The molecule has 0 bridgehead atoms. The summed E-state index contributed by atoms with van der Waals surface area (Å²) < 4.78 is 0. The number of hydrogen-bond acceptors (Lipinski definition) is 2. The van der Waals surface area contributed by atoms with Crippen molar-refractivity contribution in [1.29, 1.82) is 0 Å². The zero-order valence-electron chi connectivity index (χ0n) is 9.79. The summed E-state index contributed by atoms with van der Waals surface area (Å²) in [5, 5.41) is 11.1. The molecular formula is C12H16ClNO2. The predicted molar refractivity (Wildman–Crippen MR) is 66.0 cm³/mol. The first-order valence-electron chi connectivity index (χ1n) is 5.33. The van der Waals surface area contributed by atoms with E-state index in [0.29, 0.717) is 5.02 Å². The van der Waals surface area contributed by atoms with Crippen LogP contribution < -0.4 is 0 Å². The molecule has 1 aromatic carbocycles. The standard InChI is InChI=1S/C12H16ClNO2/c1-4-7-12(2,3)10-6-5-9(14(15)16)8-11(10)13/h5-6,8H,4,7H2,1-3H3. The molecular weight excluding hydrogens is 226 g/mol. The maximum atomic E-state index is 10.6. The zero-order chi connectivity index (χ0) is 12.3. The highest BCUT2D eigenvalue weighted by Crippen LogP contribution is 2.35. The van der Waals surface area contributed by atoms with Crippen molar-refractivity contribution in [1.82, 2.24) is 0 Å². The molecule has 0 unspecified atom stereocenters. The fourth-order valence-corrected chi connectivity index (χ4v) is 2.36. The van der Waals surface area contributed by atoms with Crippen molar-refractivity contribution in [3.8, 4) is 0 Å². The summed E-state index contributed by atoms with van der Waals surface area (Å²) in [5.41, 5.74) is 0.976. The minimum absolute atomic E-state index is 0.0407. The van der Waals surface area contributed by atoms with Crippen LogP contribution in [-0.2, 0) is 5.41 Å². The number of nitrogens with zero attached hydrogens (tertiary/aromatic N) is 1. The summed E-state index contributed by atoms with van der Waals surface area (Å²) in [7, 11) is 0. The number of hydrogen-bond donors (Lipinski definition) is 0. The maximum absolute atomic E-state index is 10.6. The van der Waals surface area contributed by atoms with Gasteiger partial charge in [0, 0.05) is 12.1 Å². The summed E-state index contributed by atoms with van der Waals surface area (Å²) in [6, 6.07) is 4.70. The monoisotopic (exact) mass is 241 g/mol. The van der Waals surface area contributed by atoms with Crippen LogP contribution in [0.2, 0.25) is 5.02 Å². The van der Waals surface area contributed by atoms with Crippen molar-refractivity contribution in [2.45, 2.75) is 39.0 Å². The van der Waals surface area contributed by atoms with Crippen LogP contribution in [0.15, 0.2) is 18.2 Å². The summed E-state index contributed by atoms with van der Waals surface area (Å²) in [4.78, 5) is 10.2. The second-order valence-corrected chi connectivity index (χ2v) is 4.96. The fourth-order valence-electron chi connectivity index (χ4n) is 1.93. The molecule has 16 heavy (non-hydrogen) atoms. The normalized spacial score (nSPS) is 11.5. The second kappa shape index (κ2) is 4.83. The molecule has 0 amide bonds. The summed E-state index contributed by atoms with van der Waals surface area (Å²) in [6.07, 6.45) is 2.06. The highest BCUT2D eigenvalue weighted by atomic mass is 35.5. The first kappa shape index (κ1) is 13.0. The average Bonchev–Trinajstić information content (AvgIpc) is 2.16. The molecule has 0 aromatic heterocycles. The van der Waals surface area contributed by atoms with Crippen molar-refractivity contribution in [2.75, 3.05) is 0 Å². The SMILES string of the molecule is CCCC(C)(C)c1ccc([N+](=O)[O-])cc1Cl. The molecule has 0 N–H and O–H groups in total. The minimum Gasteiger partial charge on any atom is -0.258 e. The molecule has 0 radical (unpaired) electrons. The summed E-state index contributed by atoms with van der Waals surface area (Å²) >= 11 is 6.09. The summed E-state index contributed by atoms with van der Waals surface area (Å²) in [6.45, 7) is 6.31. The lowest BCUT2D eigenvalue weighted by Gasteiger charge is -2.25. The Hall–Kier alpha value is -1.09. The smallest absolute Gasteiger partial charge is 0.258 e. The Balaban J connectivity index is 3.12. The number of rotatable bonds is 4. The van der Waals surface area contributed by atoms with E-state index in [2.05, 4.69) is 20.8 Å². The van der Waals surface area contributed by atoms with Gasteiger partial charge in [0.1, 0.15) is 0 Å². The van der Waals surface area contributed by atoms with E-state index in [1.165, 1.54) is 12.1 Å². The molecule has 1 rings (SSSR count).